The van der Waals surface area contributed by atoms with Crippen molar-refractivity contribution in [2.24, 2.45) is 0 Å². The largest absolute Gasteiger partial charge is 0.488 e. The molecule has 4 nitrogen and oxygen atoms in total. The molecule has 0 amide bonds. The molecule has 0 atom stereocenters. The third-order valence-corrected chi connectivity index (χ3v) is 2.26. The van der Waals surface area contributed by atoms with Gasteiger partial charge in [-0.05, 0) is 23.8 Å². The third-order valence-electron chi connectivity index (χ3n) is 1.50. The van der Waals surface area contributed by atoms with Crippen LogP contribution in [0.25, 0.3) is 0 Å². The van der Waals surface area contributed by atoms with Crippen LogP contribution in [0.15, 0.2) is 18.2 Å². The average Bonchev–Trinajstić information content (AvgIpc) is 2.14. The van der Waals surface area contributed by atoms with Crippen LogP contribution < -0.4 is 4.18 Å². The van der Waals surface area contributed by atoms with Crippen LogP contribution in [0.5, 0.6) is 5.75 Å². The van der Waals surface area contributed by atoms with Crippen LogP contribution in [-0.2, 0) is 16.3 Å². The van der Waals surface area contributed by atoms with Gasteiger partial charge in [-0.3, -0.25) is 4.79 Å². The minimum absolute atomic E-state index is 0.195. The summed E-state index contributed by atoms with van der Waals surface area (Å²) in [5.74, 6) is 0.0378. The molecule has 0 radical (unpaired) electrons. The van der Waals surface area contributed by atoms with Crippen molar-refractivity contribution < 1.29 is 21.3 Å². The first-order chi connectivity index (χ1) is 6.94. The van der Waals surface area contributed by atoms with Crippen LogP contribution in [0.4, 0.5) is 3.89 Å². The lowest BCUT2D eigenvalue weighted by Gasteiger charge is -2.03. The first-order valence-corrected chi connectivity index (χ1v) is 5.73. The summed E-state index contributed by atoms with van der Waals surface area (Å²) in [5, 5.41) is 0. The summed E-state index contributed by atoms with van der Waals surface area (Å²) in [6.07, 6.45) is 0.505. The molecule has 0 aromatic heterocycles. The predicted octanol–water partition coefficient (Wildman–Crippen LogP) is 1.52. The first kappa shape index (κ1) is 12.0. The Kier molecular flexibility index (Phi) is 3.70. The van der Waals surface area contributed by atoms with E-state index in [0.717, 1.165) is 6.07 Å². The Bertz CT molecular complexity index is 470. The summed E-state index contributed by atoms with van der Waals surface area (Å²) in [4.78, 5) is 10.5. The van der Waals surface area contributed by atoms with E-state index in [1.54, 1.807) is 0 Å². The lowest BCUT2D eigenvalue weighted by atomic mass is 10.1. The smallest absolute Gasteiger partial charge is 0.358 e. The molecule has 0 unspecified atom stereocenters. The molecule has 0 saturated heterocycles. The number of halogens is 1. The SMILES string of the molecule is O=Cc1cc(CS)cc(OS(=O)(=O)F)c1. The zero-order valence-corrected chi connectivity index (χ0v) is 9.09. The molecule has 0 aliphatic carbocycles. The Morgan fingerprint density at radius 2 is 2.07 bits per heavy atom. The maximum atomic E-state index is 12.2. The van der Waals surface area contributed by atoms with Gasteiger partial charge >= 0.3 is 10.5 Å². The minimum Gasteiger partial charge on any atom is -0.358 e. The summed E-state index contributed by atoms with van der Waals surface area (Å²) in [7, 11) is -5.07. The molecule has 0 aliphatic rings. The number of rotatable bonds is 4. The topological polar surface area (TPSA) is 60.4 Å². The van der Waals surface area contributed by atoms with Gasteiger partial charge in [0.15, 0.2) is 0 Å². The fourth-order valence-corrected chi connectivity index (χ4v) is 1.52. The number of aldehydes is 1. The van der Waals surface area contributed by atoms with Gasteiger partial charge in [0.2, 0.25) is 0 Å². The molecule has 0 spiro atoms. The number of benzene rings is 1. The van der Waals surface area contributed by atoms with Crippen LogP contribution in [0, 0.1) is 0 Å². The lowest BCUT2D eigenvalue weighted by Crippen LogP contribution is -2.02. The van der Waals surface area contributed by atoms with E-state index in [4.69, 9.17) is 0 Å². The van der Waals surface area contributed by atoms with Gasteiger partial charge in [-0.1, -0.05) is 3.89 Å². The van der Waals surface area contributed by atoms with E-state index in [1.165, 1.54) is 12.1 Å². The van der Waals surface area contributed by atoms with Gasteiger partial charge in [0.25, 0.3) is 0 Å². The van der Waals surface area contributed by atoms with Gasteiger partial charge in [0.1, 0.15) is 12.0 Å². The minimum atomic E-state index is -5.07. The standard InChI is InChI=1S/C8H7FO4S2/c9-15(11,12)13-8-2-6(4-10)1-7(3-8)5-14/h1-4,14H,5H2. The van der Waals surface area contributed by atoms with Crippen LogP contribution in [0.2, 0.25) is 0 Å². The number of hydrogen-bond acceptors (Lipinski definition) is 5. The monoisotopic (exact) mass is 250 g/mol. The van der Waals surface area contributed by atoms with Crippen molar-refractivity contribution in [3.05, 3.63) is 29.3 Å². The Labute approximate surface area is 91.9 Å². The highest BCUT2D eigenvalue weighted by Gasteiger charge is 2.10. The first-order valence-electron chi connectivity index (χ1n) is 3.78. The van der Waals surface area contributed by atoms with Crippen molar-refractivity contribution in [3.8, 4) is 5.75 Å². The van der Waals surface area contributed by atoms with Gasteiger partial charge in [0.05, 0.1) is 0 Å². The average molecular weight is 250 g/mol. The van der Waals surface area contributed by atoms with E-state index < -0.39 is 10.5 Å². The van der Waals surface area contributed by atoms with Crippen LogP contribution in [0.3, 0.4) is 0 Å². The summed E-state index contributed by atoms with van der Waals surface area (Å²) in [6.45, 7) is 0. The van der Waals surface area contributed by atoms with Crippen molar-refractivity contribution in [2.75, 3.05) is 0 Å². The second-order valence-electron chi connectivity index (χ2n) is 2.66. The van der Waals surface area contributed by atoms with E-state index in [-0.39, 0.29) is 17.1 Å². The molecule has 0 aliphatic heterocycles. The molecular formula is C8H7FO4S2. The molecule has 82 valence electrons. The second-order valence-corrected chi connectivity index (χ2v) is 3.93. The molecule has 0 heterocycles. The normalized spacial score (nSPS) is 11.1. The van der Waals surface area contributed by atoms with Crippen molar-refractivity contribution in [2.45, 2.75) is 5.75 Å². The maximum Gasteiger partial charge on any atom is 0.488 e. The van der Waals surface area contributed by atoms with Gasteiger partial charge in [-0.2, -0.15) is 21.0 Å². The van der Waals surface area contributed by atoms with E-state index in [2.05, 4.69) is 16.8 Å². The number of carbonyl (C=O) groups is 1. The second kappa shape index (κ2) is 4.63. The molecule has 7 heteroatoms. The van der Waals surface area contributed by atoms with E-state index in [1.807, 2.05) is 0 Å². The molecule has 0 N–H and O–H groups in total. The molecule has 0 fully saturated rings. The highest BCUT2D eigenvalue weighted by atomic mass is 32.3. The fourth-order valence-electron chi connectivity index (χ4n) is 1.01. The van der Waals surface area contributed by atoms with Crippen molar-refractivity contribution in [3.63, 3.8) is 0 Å². The Hall–Kier alpha value is -1.08. The van der Waals surface area contributed by atoms with Crippen LogP contribution in [-0.4, -0.2) is 14.7 Å². The maximum absolute atomic E-state index is 12.2. The summed E-state index contributed by atoms with van der Waals surface area (Å²) in [6, 6.07) is 3.91. The fraction of sp³-hybridized carbons (Fsp3) is 0.125. The molecular weight excluding hydrogens is 243 g/mol. The lowest BCUT2D eigenvalue weighted by molar-refractivity contribution is 0.112. The molecule has 0 bridgehead atoms. The highest BCUT2D eigenvalue weighted by molar-refractivity contribution is 7.81. The van der Waals surface area contributed by atoms with Crippen molar-refractivity contribution >= 4 is 29.4 Å². The Balaban J connectivity index is 3.12. The zero-order chi connectivity index (χ0) is 11.5. The zero-order valence-electron chi connectivity index (χ0n) is 7.38. The van der Waals surface area contributed by atoms with E-state index in [0.29, 0.717) is 11.8 Å². The van der Waals surface area contributed by atoms with E-state index >= 15 is 0 Å². The molecule has 1 rings (SSSR count). The number of carbonyl (C=O) groups excluding carboxylic acids is 1. The van der Waals surface area contributed by atoms with Crippen molar-refractivity contribution in [1.82, 2.24) is 0 Å². The summed E-state index contributed by atoms with van der Waals surface area (Å²) in [5.41, 5.74) is 0.752. The number of hydrogen-bond donors (Lipinski definition) is 1. The Morgan fingerprint density at radius 1 is 1.40 bits per heavy atom. The van der Waals surface area contributed by atoms with Crippen LogP contribution >= 0.6 is 12.6 Å². The summed E-state index contributed by atoms with van der Waals surface area (Å²) < 4.78 is 36.6. The van der Waals surface area contributed by atoms with Crippen LogP contribution in [0.1, 0.15) is 15.9 Å². The summed E-state index contributed by atoms with van der Waals surface area (Å²) >= 11 is 3.94. The van der Waals surface area contributed by atoms with Gasteiger partial charge in [-0.25, -0.2) is 0 Å². The van der Waals surface area contributed by atoms with E-state index in [9.17, 15) is 17.1 Å². The molecule has 15 heavy (non-hydrogen) atoms. The predicted molar refractivity (Wildman–Crippen MR) is 55.2 cm³/mol. The van der Waals surface area contributed by atoms with Gasteiger partial charge in [0, 0.05) is 11.3 Å². The van der Waals surface area contributed by atoms with Gasteiger partial charge < -0.3 is 4.18 Å². The van der Waals surface area contributed by atoms with Crippen molar-refractivity contribution in [1.29, 1.82) is 0 Å². The molecule has 1 aromatic carbocycles. The highest BCUT2D eigenvalue weighted by Crippen LogP contribution is 2.19. The van der Waals surface area contributed by atoms with Gasteiger partial charge in [-0.15, -0.1) is 0 Å². The molecule has 0 saturated carbocycles. The molecule has 1 aromatic rings. The Morgan fingerprint density at radius 3 is 2.53 bits per heavy atom. The quantitative estimate of drug-likeness (QED) is 0.500. The number of thiol groups is 1. The third kappa shape index (κ3) is 3.88.